The lowest BCUT2D eigenvalue weighted by molar-refractivity contribution is -0.140. The van der Waals surface area contributed by atoms with E-state index in [1.54, 1.807) is 31.4 Å². The van der Waals surface area contributed by atoms with Gasteiger partial charge in [-0.25, -0.2) is 0 Å². The van der Waals surface area contributed by atoms with E-state index in [4.69, 9.17) is 4.74 Å². The van der Waals surface area contributed by atoms with Gasteiger partial charge in [-0.15, -0.1) is 0 Å². The monoisotopic (exact) mass is 256 g/mol. The Labute approximate surface area is 103 Å². The summed E-state index contributed by atoms with van der Waals surface area (Å²) in [7, 11) is 1.82. The molecule has 1 atom stereocenters. The first-order valence-electron chi connectivity index (χ1n) is 5.26. The molecule has 0 spiro atoms. The Morgan fingerprint density at radius 1 is 1.35 bits per heavy atom. The van der Waals surface area contributed by atoms with Gasteiger partial charge in [-0.1, -0.05) is 6.07 Å². The van der Waals surface area contributed by atoms with Gasteiger partial charge in [-0.3, -0.25) is 9.00 Å². The molecular formula is C12H16O4S. The van der Waals surface area contributed by atoms with Crippen LogP contribution in [-0.2, 0) is 20.3 Å². The van der Waals surface area contributed by atoms with Crippen molar-refractivity contribution >= 4 is 16.8 Å². The molecule has 1 rings (SSSR count). The molecule has 0 saturated carbocycles. The molecule has 0 N–H and O–H groups in total. The molecule has 1 aromatic rings. The van der Waals surface area contributed by atoms with Gasteiger partial charge in [0.15, 0.2) is 0 Å². The summed E-state index contributed by atoms with van der Waals surface area (Å²) < 4.78 is 21.5. The first-order chi connectivity index (χ1) is 8.17. The minimum Gasteiger partial charge on any atom is -0.497 e. The summed E-state index contributed by atoms with van der Waals surface area (Å²) in [5, 5.41) is 0. The number of hydrogen-bond acceptors (Lipinski definition) is 4. The third-order valence-electron chi connectivity index (χ3n) is 2.24. The van der Waals surface area contributed by atoms with Gasteiger partial charge >= 0.3 is 5.97 Å². The van der Waals surface area contributed by atoms with Gasteiger partial charge in [0.1, 0.15) is 5.75 Å². The molecule has 0 bridgehead atoms. The molecule has 0 aliphatic carbocycles. The minimum atomic E-state index is -1.10. The summed E-state index contributed by atoms with van der Waals surface area (Å²) in [6.45, 7) is 0. The van der Waals surface area contributed by atoms with Gasteiger partial charge in [0, 0.05) is 17.1 Å². The van der Waals surface area contributed by atoms with E-state index in [9.17, 15) is 9.00 Å². The average Bonchev–Trinajstić information content (AvgIpc) is 2.38. The van der Waals surface area contributed by atoms with Crippen LogP contribution in [0.15, 0.2) is 29.2 Å². The highest BCUT2D eigenvalue weighted by Crippen LogP contribution is 2.16. The van der Waals surface area contributed by atoms with Crippen LogP contribution in [0.2, 0.25) is 0 Å². The Balaban J connectivity index is 2.49. The summed E-state index contributed by atoms with van der Waals surface area (Å²) in [4.78, 5) is 11.6. The number of hydrogen-bond donors (Lipinski definition) is 0. The first kappa shape index (κ1) is 13.7. The number of esters is 1. The van der Waals surface area contributed by atoms with Crippen molar-refractivity contribution in [3.8, 4) is 5.75 Å². The number of benzene rings is 1. The zero-order valence-electron chi connectivity index (χ0n) is 9.97. The zero-order valence-corrected chi connectivity index (χ0v) is 10.8. The highest BCUT2D eigenvalue weighted by atomic mass is 32.2. The first-order valence-corrected chi connectivity index (χ1v) is 6.58. The number of methoxy groups -OCH3 is 2. The van der Waals surface area contributed by atoms with Crippen molar-refractivity contribution < 1.29 is 18.5 Å². The molecule has 17 heavy (non-hydrogen) atoms. The lowest BCUT2D eigenvalue weighted by Crippen LogP contribution is -2.04. The van der Waals surface area contributed by atoms with Crippen molar-refractivity contribution in [1.29, 1.82) is 0 Å². The van der Waals surface area contributed by atoms with Crippen LogP contribution in [0, 0.1) is 0 Å². The predicted octanol–water partition coefficient (Wildman–Crippen LogP) is 1.76. The van der Waals surface area contributed by atoms with Crippen LogP contribution in [0.4, 0.5) is 0 Å². The molecule has 0 radical (unpaired) electrons. The highest BCUT2D eigenvalue weighted by Gasteiger charge is 2.07. The van der Waals surface area contributed by atoms with Crippen LogP contribution in [0.5, 0.6) is 5.75 Å². The summed E-state index contributed by atoms with van der Waals surface area (Å²) in [5.74, 6) is 0.860. The largest absolute Gasteiger partial charge is 0.497 e. The fourth-order valence-corrected chi connectivity index (χ4v) is 2.43. The summed E-state index contributed by atoms with van der Waals surface area (Å²) in [5.41, 5.74) is 0. The van der Waals surface area contributed by atoms with Crippen LogP contribution < -0.4 is 4.74 Å². The Hall–Kier alpha value is -1.36. The second-order valence-corrected chi connectivity index (χ2v) is 4.98. The van der Waals surface area contributed by atoms with Gasteiger partial charge in [0.05, 0.1) is 25.0 Å². The predicted molar refractivity (Wildman–Crippen MR) is 65.5 cm³/mol. The third kappa shape index (κ3) is 4.56. The molecule has 4 nitrogen and oxygen atoms in total. The molecule has 5 heteroatoms. The lowest BCUT2D eigenvalue weighted by Gasteiger charge is -2.04. The second kappa shape index (κ2) is 7.06. The molecule has 0 amide bonds. The zero-order chi connectivity index (χ0) is 12.7. The highest BCUT2D eigenvalue weighted by molar-refractivity contribution is 7.85. The smallest absolute Gasteiger partial charge is 0.305 e. The molecule has 94 valence electrons. The van der Waals surface area contributed by atoms with Crippen molar-refractivity contribution in [3.05, 3.63) is 24.3 Å². The number of ether oxygens (including phenoxy) is 2. The second-order valence-electron chi connectivity index (χ2n) is 3.41. The lowest BCUT2D eigenvalue weighted by atomic mass is 10.3. The van der Waals surface area contributed by atoms with Gasteiger partial charge in [-0.05, 0) is 24.6 Å². The third-order valence-corrected chi connectivity index (χ3v) is 3.68. The number of carbonyl (C=O) groups is 1. The molecule has 0 saturated heterocycles. The fourth-order valence-electron chi connectivity index (χ4n) is 1.31. The SMILES string of the molecule is COC(=O)CCCS(=O)c1cccc(OC)c1. The molecule has 1 aromatic carbocycles. The van der Waals surface area contributed by atoms with Gasteiger partial charge in [-0.2, -0.15) is 0 Å². The molecular weight excluding hydrogens is 240 g/mol. The molecule has 0 heterocycles. The quantitative estimate of drug-likeness (QED) is 0.728. The maximum atomic E-state index is 11.9. The van der Waals surface area contributed by atoms with E-state index in [1.165, 1.54) is 7.11 Å². The standard InChI is InChI=1S/C12H16O4S/c1-15-10-5-3-6-11(9-10)17(14)8-4-7-12(13)16-2/h3,5-6,9H,4,7-8H2,1-2H3. The maximum absolute atomic E-state index is 11.9. The number of rotatable bonds is 6. The topological polar surface area (TPSA) is 52.6 Å². The minimum absolute atomic E-state index is 0.271. The molecule has 1 unspecified atom stereocenters. The van der Waals surface area contributed by atoms with Crippen LogP contribution in [0.25, 0.3) is 0 Å². The Morgan fingerprint density at radius 3 is 2.76 bits per heavy atom. The van der Waals surface area contributed by atoms with E-state index in [2.05, 4.69) is 4.74 Å². The van der Waals surface area contributed by atoms with Crippen LogP contribution in [-0.4, -0.2) is 30.2 Å². The van der Waals surface area contributed by atoms with E-state index in [0.717, 1.165) is 0 Å². The van der Waals surface area contributed by atoms with Crippen molar-refractivity contribution in [1.82, 2.24) is 0 Å². The van der Waals surface area contributed by atoms with Gasteiger partial charge in [0.2, 0.25) is 0 Å². The molecule has 0 aliphatic rings. The van der Waals surface area contributed by atoms with Gasteiger partial charge in [0.25, 0.3) is 0 Å². The van der Waals surface area contributed by atoms with Crippen molar-refractivity contribution in [2.45, 2.75) is 17.7 Å². The summed E-state index contributed by atoms with van der Waals surface area (Å²) >= 11 is 0. The Bertz CT molecular complexity index is 403. The molecule has 0 fully saturated rings. The molecule has 0 aliphatic heterocycles. The maximum Gasteiger partial charge on any atom is 0.305 e. The summed E-state index contributed by atoms with van der Waals surface area (Å²) in [6, 6.07) is 7.13. The van der Waals surface area contributed by atoms with Crippen LogP contribution >= 0.6 is 0 Å². The van der Waals surface area contributed by atoms with E-state index >= 15 is 0 Å². The van der Waals surface area contributed by atoms with E-state index in [0.29, 0.717) is 29.2 Å². The normalized spacial score (nSPS) is 11.9. The number of carbonyl (C=O) groups excluding carboxylic acids is 1. The van der Waals surface area contributed by atoms with Crippen molar-refractivity contribution in [3.63, 3.8) is 0 Å². The average molecular weight is 256 g/mol. The van der Waals surface area contributed by atoms with Crippen LogP contribution in [0.3, 0.4) is 0 Å². The molecule has 0 aromatic heterocycles. The fraction of sp³-hybridized carbons (Fsp3) is 0.417. The Morgan fingerprint density at radius 2 is 2.12 bits per heavy atom. The van der Waals surface area contributed by atoms with E-state index in [-0.39, 0.29) is 5.97 Å². The van der Waals surface area contributed by atoms with Crippen molar-refractivity contribution in [2.75, 3.05) is 20.0 Å². The van der Waals surface area contributed by atoms with Crippen LogP contribution in [0.1, 0.15) is 12.8 Å². The van der Waals surface area contributed by atoms with Gasteiger partial charge < -0.3 is 9.47 Å². The Kier molecular flexibility index (Phi) is 5.69. The van der Waals surface area contributed by atoms with E-state index in [1.807, 2.05) is 0 Å². The summed E-state index contributed by atoms with van der Waals surface area (Å²) in [6.07, 6.45) is 0.850. The van der Waals surface area contributed by atoms with E-state index < -0.39 is 10.8 Å². The van der Waals surface area contributed by atoms with Crippen molar-refractivity contribution in [2.24, 2.45) is 0 Å².